The van der Waals surface area contributed by atoms with Gasteiger partial charge in [0.25, 0.3) is 0 Å². The lowest BCUT2D eigenvalue weighted by atomic mass is 10.3. The Kier molecular flexibility index (Phi) is 2.80. The standard InChI is InChI=1S/C9H13NO2/c1-2-5-12-9-4-3-7(10)6-8(9)11/h3-4,6,11H,2,5,10H2,1H3. The van der Waals surface area contributed by atoms with Crippen molar-refractivity contribution in [1.29, 1.82) is 0 Å². The van der Waals surface area contributed by atoms with Gasteiger partial charge in [-0.3, -0.25) is 0 Å². The number of anilines is 1. The molecule has 3 heteroatoms. The average Bonchev–Trinajstić information content (AvgIpc) is 2.03. The molecule has 66 valence electrons. The van der Waals surface area contributed by atoms with Gasteiger partial charge in [0.15, 0.2) is 11.5 Å². The van der Waals surface area contributed by atoms with Gasteiger partial charge in [-0.25, -0.2) is 0 Å². The molecule has 0 aliphatic carbocycles. The first-order valence-corrected chi connectivity index (χ1v) is 3.95. The number of nitrogens with two attached hydrogens (primary N) is 1. The summed E-state index contributed by atoms with van der Waals surface area (Å²) in [5, 5.41) is 9.31. The van der Waals surface area contributed by atoms with Crippen LogP contribution < -0.4 is 10.5 Å². The lowest BCUT2D eigenvalue weighted by Crippen LogP contribution is -1.95. The van der Waals surface area contributed by atoms with Crippen LogP contribution >= 0.6 is 0 Å². The molecule has 3 nitrogen and oxygen atoms in total. The lowest BCUT2D eigenvalue weighted by Gasteiger charge is -2.06. The number of hydrogen-bond donors (Lipinski definition) is 2. The van der Waals surface area contributed by atoms with Gasteiger partial charge < -0.3 is 15.6 Å². The smallest absolute Gasteiger partial charge is 0.161 e. The molecule has 0 unspecified atom stereocenters. The maximum atomic E-state index is 9.31. The van der Waals surface area contributed by atoms with Crippen molar-refractivity contribution in [2.75, 3.05) is 12.3 Å². The predicted octanol–water partition coefficient (Wildman–Crippen LogP) is 1.76. The Hall–Kier alpha value is -1.38. The molecule has 1 aromatic rings. The fraction of sp³-hybridized carbons (Fsp3) is 0.333. The monoisotopic (exact) mass is 167 g/mol. The summed E-state index contributed by atoms with van der Waals surface area (Å²) in [5.41, 5.74) is 5.98. The molecular weight excluding hydrogens is 154 g/mol. The Morgan fingerprint density at radius 1 is 1.50 bits per heavy atom. The largest absolute Gasteiger partial charge is 0.504 e. The molecular formula is C9H13NO2. The minimum absolute atomic E-state index is 0.100. The number of nitrogen functional groups attached to an aromatic ring is 1. The second-order valence-corrected chi connectivity index (χ2v) is 2.58. The summed E-state index contributed by atoms with van der Waals surface area (Å²) in [5.74, 6) is 0.592. The molecule has 1 rings (SSSR count). The molecule has 0 radical (unpaired) electrons. The zero-order valence-corrected chi connectivity index (χ0v) is 7.08. The van der Waals surface area contributed by atoms with Crippen molar-refractivity contribution in [3.8, 4) is 11.5 Å². The molecule has 0 spiro atoms. The minimum Gasteiger partial charge on any atom is -0.504 e. The normalized spacial score (nSPS) is 9.75. The number of phenolic OH excluding ortho intramolecular Hbond substituents is 1. The zero-order chi connectivity index (χ0) is 8.97. The SMILES string of the molecule is CCCOc1ccc(N)cc1O. The first-order chi connectivity index (χ1) is 5.74. The summed E-state index contributed by atoms with van der Waals surface area (Å²) in [6, 6.07) is 4.84. The highest BCUT2D eigenvalue weighted by Gasteiger charge is 2.00. The maximum Gasteiger partial charge on any atom is 0.161 e. The van der Waals surface area contributed by atoms with E-state index in [2.05, 4.69) is 0 Å². The van der Waals surface area contributed by atoms with Crippen molar-refractivity contribution < 1.29 is 9.84 Å². The molecule has 0 aliphatic heterocycles. The molecule has 0 heterocycles. The highest BCUT2D eigenvalue weighted by atomic mass is 16.5. The summed E-state index contributed by atoms with van der Waals surface area (Å²) in [4.78, 5) is 0. The van der Waals surface area contributed by atoms with Crippen LogP contribution in [0.5, 0.6) is 11.5 Å². The van der Waals surface area contributed by atoms with E-state index in [0.717, 1.165) is 6.42 Å². The van der Waals surface area contributed by atoms with Gasteiger partial charge in [-0.2, -0.15) is 0 Å². The summed E-state index contributed by atoms with van der Waals surface area (Å²) in [6.45, 7) is 2.62. The third kappa shape index (κ3) is 2.05. The molecule has 1 aromatic carbocycles. The number of phenols is 1. The maximum absolute atomic E-state index is 9.31. The van der Waals surface area contributed by atoms with Crippen LogP contribution in [0.3, 0.4) is 0 Å². The topological polar surface area (TPSA) is 55.5 Å². The summed E-state index contributed by atoms with van der Waals surface area (Å²) in [7, 11) is 0. The van der Waals surface area contributed by atoms with E-state index < -0.39 is 0 Å². The second kappa shape index (κ2) is 3.85. The Balaban J connectivity index is 2.72. The average molecular weight is 167 g/mol. The molecule has 0 amide bonds. The molecule has 0 saturated carbocycles. The Bertz CT molecular complexity index is 261. The predicted molar refractivity (Wildman–Crippen MR) is 48.3 cm³/mol. The molecule has 12 heavy (non-hydrogen) atoms. The van der Waals surface area contributed by atoms with Gasteiger partial charge in [0.1, 0.15) is 0 Å². The lowest BCUT2D eigenvalue weighted by molar-refractivity contribution is 0.299. The van der Waals surface area contributed by atoms with Crippen LogP contribution in [-0.4, -0.2) is 11.7 Å². The van der Waals surface area contributed by atoms with E-state index in [1.807, 2.05) is 6.92 Å². The summed E-state index contributed by atoms with van der Waals surface area (Å²) in [6.07, 6.45) is 0.920. The third-order valence-electron chi connectivity index (χ3n) is 1.44. The third-order valence-corrected chi connectivity index (χ3v) is 1.44. The van der Waals surface area contributed by atoms with E-state index in [4.69, 9.17) is 10.5 Å². The Morgan fingerprint density at radius 3 is 2.83 bits per heavy atom. The quantitative estimate of drug-likeness (QED) is 0.674. The van der Waals surface area contributed by atoms with Crippen LogP contribution in [0.2, 0.25) is 0 Å². The first-order valence-electron chi connectivity index (χ1n) is 3.95. The van der Waals surface area contributed by atoms with Gasteiger partial charge in [0.2, 0.25) is 0 Å². The van der Waals surface area contributed by atoms with Crippen molar-refractivity contribution >= 4 is 5.69 Å². The van der Waals surface area contributed by atoms with E-state index in [9.17, 15) is 5.11 Å². The molecule has 3 N–H and O–H groups in total. The highest BCUT2D eigenvalue weighted by molar-refractivity contribution is 5.51. The Labute approximate surface area is 71.8 Å². The molecule has 0 fully saturated rings. The fourth-order valence-electron chi connectivity index (χ4n) is 0.868. The van der Waals surface area contributed by atoms with Crippen LogP contribution in [0.1, 0.15) is 13.3 Å². The Morgan fingerprint density at radius 2 is 2.25 bits per heavy atom. The van der Waals surface area contributed by atoms with E-state index in [1.165, 1.54) is 6.07 Å². The van der Waals surface area contributed by atoms with Crippen LogP contribution in [0.15, 0.2) is 18.2 Å². The van der Waals surface area contributed by atoms with E-state index in [0.29, 0.717) is 18.0 Å². The van der Waals surface area contributed by atoms with Crippen molar-refractivity contribution in [2.45, 2.75) is 13.3 Å². The van der Waals surface area contributed by atoms with Gasteiger partial charge in [-0.15, -0.1) is 0 Å². The van der Waals surface area contributed by atoms with Crippen LogP contribution in [0.25, 0.3) is 0 Å². The van der Waals surface area contributed by atoms with Crippen LogP contribution in [0, 0.1) is 0 Å². The van der Waals surface area contributed by atoms with E-state index in [-0.39, 0.29) is 5.75 Å². The summed E-state index contributed by atoms with van der Waals surface area (Å²) < 4.78 is 5.24. The van der Waals surface area contributed by atoms with Gasteiger partial charge in [-0.1, -0.05) is 6.92 Å². The number of benzene rings is 1. The first kappa shape index (κ1) is 8.71. The van der Waals surface area contributed by atoms with Crippen molar-refractivity contribution in [1.82, 2.24) is 0 Å². The van der Waals surface area contributed by atoms with Gasteiger partial charge in [0, 0.05) is 11.8 Å². The van der Waals surface area contributed by atoms with Gasteiger partial charge >= 0.3 is 0 Å². The number of hydrogen-bond acceptors (Lipinski definition) is 3. The molecule has 0 saturated heterocycles. The van der Waals surface area contributed by atoms with Crippen molar-refractivity contribution in [2.24, 2.45) is 0 Å². The van der Waals surface area contributed by atoms with Gasteiger partial charge in [0.05, 0.1) is 6.61 Å². The van der Waals surface area contributed by atoms with E-state index >= 15 is 0 Å². The summed E-state index contributed by atoms with van der Waals surface area (Å²) >= 11 is 0. The zero-order valence-electron chi connectivity index (χ0n) is 7.08. The van der Waals surface area contributed by atoms with Crippen molar-refractivity contribution in [3.05, 3.63) is 18.2 Å². The number of ether oxygens (including phenoxy) is 1. The fourth-order valence-corrected chi connectivity index (χ4v) is 0.868. The molecule has 0 atom stereocenters. The van der Waals surface area contributed by atoms with Crippen LogP contribution in [-0.2, 0) is 0 Å². The number of aromatic hydroxyl groups is 1. The second-order valence-electron chi connectivity index (χ2n) is 2.58. The number of rotatable bonds is 3. The molecule has 0 aliphatic rings. The van der Waals surface area contributed by atoms with Crippen molar-refractivity contribution in [3.63, 3.8) is 0 Å². The van der Waals surface area contributed by atoms with E-state index in [1.54, 1.807) is 12.1 Å². The van der Waals surface area contributed by atoms with Crippen LogP contribution in [0.4, 0.5) is 5.69 Å². The van der Waals surface area contributed by atoms with Gasteiger partial charge in [-0.05, 0) is 18.6 Å². The highest BCUT2D eigenvalue weighted by Crippen LogP contribution is 2.27. The minimum atomic E-state index is 0.100. The molecule has 0 aromatic heterocycles. The molecule has 0 bridgehead atoms.